The van der Waals surface area contributed by atoms with Crippen LogP contribution in [0.5, 0.6) is 5.75 Å². The maximum Gasteiger partial charge on any atom is 0.123 e. The predicted molar refractivity (Wildman–Crippen MR) is 99.1 cm³/mol. The molecule has 0 spiro atoms. The van der Waals surface area contributed by atoms with Crippen molar-refractivity contribution >= 4 is 36.4 Å². The highest BCUT2D eigenvalue weighted by atomic mass is 35.5. The lowest BCUT2D eigenvalue weighted by Gasteiger charge is -2.36. The lowest BCUT2D eigenvalue weighted by atomic mass is 9.94. The molecule has 0 aromatic heterocycles. The van der Waals surface area contributed by atoms with Gasteiger partial charge in [0.05, 0.1) is 7.11 Å². The Morgan fingerprint density at radius 3 is 2.41 bits per heavy atom. The number of hydrogen-bond acceptors (Lipinski definition) is 3. The van der Waals surface area contributed by atoms with Gasteiger partial charge < -0.3 is 10.1 Å². The minimum absolute atomic E-state index is 0. The monoisotopic (exact) mass is 368 g/mol. The van der Waals surface area contributed by atoms with Gasteiger partial charge in [-0.05, 0) is 30.5 Å². The van der Waals surface area contributed by atoms with Crippen LogP contribution in [0.4, 0.5) is 0 Å². The van der Waals surface area contributed by atoms with Crippen molar-refractivity contribution in [3.63, 3.8) is 0 Å². The second-order valence-electron chi connectivity index (χ2n) is 5.82. The number of hydrogen-bond donors (Lipinski definition) is 1. The van der Waals surface area contributed by atoms with Crippen molar-refractivity contribution in [1.82, 2.24) is 10.2 Å². The number of ether oxygens (including phenoxy) is 1. The number of benzene rings is 1. The van der Waals surface area contributed by atoms with E-state index < -0.39 is 0 Å². The number of nitrogens with zero attached hydrogens (tertiary/aromatic N) is 1. The first-order valence-corrected chi connectivity index (χ1v) is 7.77. The van der Waals surface area contributed by atoms with Gasteiger partial charge in [0.25, 0.3) is 0 Å². The average Bonchev–Trinajstić information content (AvgIpc) is 2.45. The fourth-order valence-electron chi connectivity index (χ4n) is 2.88. The van der Waals surface area contributed by atoms with E-state index in [1.165, 1.54) is 5.56 Å². The van der Waals surface area contributed by atoms with E-state index in [-0.39, 0.29) is 24.8 Å². The minimum Gasteiger partial charge on any atom is -0.496 e. The summed E-state index contributed by atoms with van der Waals surface area (Å²) in [5.74, 6) is 1.58. The Balaban J connectivity index is 0.00000220. The standard InChI is InChI=1S/C16H25ClN2O.2ClH/c1-12(2)10-15(19-8-6-18-7-9-19)14-11-13(17)4-5-16(14)20-3;;/h4-5,11-12,15,18H,6-10H2,1-3H3;2*1H/t15-;;/m0../s1. The quantitative estimate of drug-likeness (QED) is 0.842. The van der Waals surface area contributed by atoms with Crippen LogP contribution in [-0.4, -0.2) is 38.2 Å². The summed E-state index contributed by atoms with van der Waals surface area (Å²) in [5.41, 5.74) is 1.22. The summed E-state index contributed by atoms with van der Waals surface area (Å²) < 4.78 is 5.55. The summed E-state index contributed by atoms with van der Waals surface area (Å²) in [6.07, 6.45) is 1.12. The van der Waals surface area contributed by atoms with Crippen LogP contribution in [0.25, 0.3) is 0 Å². The second kappa shape index (κ2) is 10.6. The van der Waals surface area contributed by atoms with Crippen LogP contribution in [0.3, 0.4) is 0 Å². The van der Waals surface area contributed by atoms with E-state index >= 15 is 0 Å². The van der Waals surface area contributed by atoms with Gasteiger partial charge in [-0.1, -0.05) is 25.4 Å². The molecule has 1 atom stereocenters. The van der Waals surface area contributed by atoms with Crippen molar-refractivity contribution in [3.05, 3.63) is 28.8 Å². The lowest BCUT2D eigenvalue weighted by Crippen LogP contribution is -2.45. The Bertz CT molecular complexity index is 437. The minimum atomic E-state index is 0. The number of nitrogens with one attached hydrogen (secondary N) is 1. The summed E-state index contributed by atoms with van der Waals surface area (Å²) in [5, 5.41) is 4.20. The van der Waals surface area contributed by atoms with E-state index in [2.05, 4.69) is 30.1 Å². The van der Waals surface area contributed by atoms with Crippen LogP contribution in [0.2, 0.25) is 5.02 Å². The Kier molecular flexibility index (Phi) is 10.5. The maximum absolute atomic E-state index is 6.21. The number of halogens is 3. The number of piperazine rings is 1. The molecule has 1 aliphatic rings. The topological polar surface area (TPSA) is 24.5 Å². The summed E-state index contributed by atoms with van der Waals surface area (Å²) in [7, 11) is 1.73. The number of methoxy groups -OCH3 is 1. The van der Waals surface area contributed by atoms with Crippen molar-refractivity contribution in [1.29, 1.82) is 0 Å². The van der Waals surface area contributed by atoms with Crippen LogP contribution >= 0.6 is 36.4 Å². The van der Waals surface area contributed by atoms with Crippen LogP contribution < -0.4 is 10.1 Å². The third-order valence-electron chi connectivity index (χ3n) is 3.84. The van der Waals surface area contributed by atoms with Crippen molar-refractivity contribution in [2.45, 2.75) is 26.3 Å². The van der Waals surface area contributed by atoms with Crippen molar-refractivity contribution in [3.8, 4) is 5.75 Å². The smallest absolute Gasteiger partial charge is 0.123 e. The van der Waals surface area contributed by atoms with E-state index in [0.29, 0.717) is 12.0 Å². The predicted octanol–water partition coefficient (Wildman–Crippen LogP) is 4.18. The zero-order chi connectivity index (χ0) is 14.5. The molecule has 1 aromatic carbocycles. The van der Waals surface area contributed by atoms with Crippen molar-refractivity contribution < 1.29 is 4.74 Å². The first kappa shape index (κ1) is 21.8. The average molecular weight is 370 g/mol. The van der Waals surface area contributed by atoms with Gasteiger partial charge in [0.15, 0.2) is 0 Å². The fraction of sp³-hybridized carbons (Fsp3) is 0.625. The largest absolute Gasteiger partial charge is 0.496 e. The third kappa shape index (κ3) is 5.78. The summed E-state index contributed by atoms with van der Waals surface area (Å²) in [6.45, 7) is 8.80. The normalized spacial score (nSPS) is 16.6. The van der Waals surface area contributed by atoms with Gasteiger partial charge in [0, 0.05) is 42.8 Å². The first-order valence-electron chi connectivity index (χ1n) is 7.40. The van der Waals surface area contributed by atoms with Crippen LogP contribution in [0.1, 0.15) is 31.9 Å². The molecule has 1 heterocycles. The molecule has 0 radical (unpaired) electrons. The van der Waals surface area contributed by atoms with Crippen LogP contribution in [-0.2, 0) is 0 Å². The number of rotatable bonds is 5. The Morgan fingerprint density at radius 1 is 1.23 bits per heavy atom. The molecule has 0 saturated carbocycles. The Labute approximate surface area is 151 Å². The molecule has 1 saturated heterocycles. The molecule has 0 aliphatic carbocycles. The molecule has 0 bridgehead atoms. The Hall–Kier alpha value is -0.190. The zero-order valence-corrected chi connectivity index (χ0v) is 15.9. The summed E-state index contributed by atoms with van der Waals surface area (Å²) >= 11 is 6.21. The molecule has 3 nitrogen and oxygen atoms in total. The van der Waals surface area contributed by atoms with Crippen LogP contribution in [0.15, 0.2) is 18.2 Å². The van der Waals surface area contributed by atoms with Crippen molar-refractivity contribution in [2.24, 2.45) is 5.92 Å². The van der Waals surface area contributed by atoms with Gasteiger partial charge >= 0.3 is 0 Å². The molecular weight excluding hydrogens is 343 g/mol. The zero-order valence-electron chi connectivity index (χ0n) is 13.5. The van der Waals surface area contributed by atoms with E-state index in [1.54, 1.807) is 7.11 Å². The van der Waals surface area contributed by atoms with E-state index in [1.807, 2.05) is 12.1 Å². The SMILES string of the molecule is COc1ccc(Cl)cc1[C@H](CC(C)C)N1CCNCC1.Cl.Cl. The molecular formula is C16H27Cl3N2O. The summed E-state index contributed by atoms with van der Waals surface area (Å²) in [6, 6.07) is 6.32. The highest BCUT2D eigenvalue weighted by Gasteiger charge is 2.25. The van der Waals surface area contributed by atoms with Gasteiger partial charge in [-0.2, -0.15) is 0 Å². The molecule has 1 fully saturated rings. The molecule has 0 unspecified atom stereocenters. The Morgan fingerprint density at radius 2 is 1.86 bits per heavy atom. The third-order valence-corrected chi connectivity index (χ3v) is 4.07. The second-order valence-corrected chi connectivity index (χ2v) is 6.25. The molecule has 6 heteroatoms. The van der Waals surface area contributed by atoms with E-state index in [4.69, 9.17) is 16.3 Å². The molecule has 0 amide bonds. The molecule has 1 aromatic rings. The van der Waals surface area contributed by atoms with Crippen molar-refractivity contribution in [2.75, 3.05) is 33.3 Å². The van der Waals surface area contributed by atoms with Gasteiger partial charge in [-0.15, -0.1) is 24.8 Å². The van der Waals surface area contributed by atoms with E-state index in [0.717, 1.165) is 43.4 Å². The first-order chi connectivity index (χ1) is 9.61. The highest BCUT2D eigenvalue weighted by Crippen LogP contribution is 2.35. The molecule has 22 heavy (non-hydrogen) atoms. The highest BCUT2D eigenvalue weighted by molar-refractivity contribution is 6.30. The molecule has 2 rings (SSSR count). The fourth-order valence-corrected chi connectivity index (χ4v) is 3.06. The van der Waals surface area contributed by atoms with Gasteiger partial charge in [0.1, 0.15) is 5.75 Å². The maximum atomic E-state index is 6.21. The molecule has 128 valence electrons. The molecule has 1 aliphatic heterocycles. The van der Waals surface area contributed by atoms with Gasteiger partial charge in [-0.3, -0.25) is 4.90 Å². The van der Waals surface area contributed by atoms with E-state index in [9.17, 15) is 0 Å². The summed E-state index contributed by atoms with van der Waals surface area (Å²) in [4.78, 5) is 2.55. The van der Waals surface area contributed by atoms with Gasteiger partial charge in [0.2, 0.25) is 0 Å². The lowest BCUT2D eigenvalue weighted by molar-refractivity contribution is 0.151. The van der Waals surface area contributed by atoms with Gasteiger partial charge in [-0.25, -0.2) is 0 Å². The van der Waals surface area contributed by atoms with Crippen LogP contribution in [0, 0.1) is 5.92 Å². The molecule has 1 N–H and O–H groups in total.